The highest BCUT2D eigenvalue weighted by Crippen LogP contribution is 2.28. The van der Waals surface area contributed by atoms with Gasteiger partial charge in [0.1, 0.15) is 0 Å². The number of thioether (sulfide) groups is 1. The maximum atomic E-state index is 12.6. The highest BCUT2D eigenvalue weighted by molar-refractivity contribution is 9.10. The Morgan fingerprint density at radius 1 is 1.19 bits per heavy atom. The van der Waals surface area contributed by atoms with Crippen LogP contribution in [-0.2, 0) is 11.8 Å². The van der Waals surface area contributed by atoms with Crippen LogP contribution in [0.1, 0.15) is 13.3 Å². The Balaban J connectivity index is 1.73. The average molecular weight is 446 g/mol. The lowest BCUT2D eigenvalue weighted by Gasteiger charge is -2.14. The van der Waals surface area contributed by atoms with Crippen LogP contribution in [0.3, 0.4) is 0 Å². The van der Waals surface area contributed by atoms with Crippen LogP contribution in [-0.4, -0.2) is 25.9 Å². The van der Waals surface area contributed by atoms with Crippen molar-refractivity contribution in [2.45, 2.75) is 23.8 Å². The van der Waals surface area contributed by atoms with Crippen molar-refractivity contribution >= 4 is 45.0 Å². The Bertz CT molecular complexity index is 924. The second-order valence-electron chi connectivity index (χ2n) is 6.00. The van der Waals surface area contributed by atoms with E-state index >= 15 is 0 Å². The van der Waals surface area contributed by atoms with E-state index in [1.807, 2.05) is 67.1 Å². The molecule has 1 amide bonds. The number of carbonyl (C=O) groups excluding carboxylic acids is 1. The Morgan fingerprint density at radius 2 is 1.85 bits per heavy atom. The van der Waals surface area contributed by atoms with Gasteiger partial charge in [0.05, 0.1) is 5.25 Å². The fraction of sp³-hybridized carbons (Fsp3) is 0.211. The minimum Gasteiger partial charge on any atom is -0.399 e. The van der Waals surface area contributed by atoms with E-state index in [-0.39, 0.29) is 11.2 Å². The van der Waals surface area contributed by atoms with Gasteiger partial charge in [0, 0.05) is 28.5 Å². The molecular formula is C19H20BrN5OS. The first-order valence-electron chi connectivity index (χ1n) is 8.46. The van der Waals surface area contributed by atoms with E-state index in [2.05, 4.69) is 31.4 Å². The van der Waals surface area contributed by atoms with Gasteiger partial charge < -0.3 is 15.6 Å². The van der Waals surface area contributed by atoms with Gasteiger partial charge in [-0.2, -0.15) is 0 Å². The summed E-state index contributed by atoms with van der Waals surface area (Å²) < 4.78 is 2.86. The number of aromatic nitrogens is 3. The van der Waals surface area contributed by atoms with Crippen molar-refractivity contribution < 1.29 is 4.79 Å². The number of nitrogen functional groups attached to an aromatic ring is 1. The van der Waals surface area contributed by atoms with Gasteiger partial charge in [0.2, 0.25) is 5.91 Å². The smallest absolute Gasteiger partial charge is 0.237 e. The van der Waals surface area contributed by atoms with E-state index in [0.29, 0.717) is 17.3 Å². The first kappa shape index (κ1) is 19.4. The maximum absolute atomic E-state index is 12.6. The van der Waals surface area contributed by atoms with Gasteiger partial charge in [0.25, 0.3) is 0 Å². The van der Waals surface area contributed by atoms with Gasteiger partial charge in [-0.05, 0) is 55.0 Å². The molecule has 3 N–H and O–H groups in total. The third kappa shape index (κ3) is 4.70. The van der Waals surface area contributed by atoms with E-state index in [9.17, 15) is 4.79 Å². The zero-order valence-electron chi connectivity index (χ0n) is 15.0. The molecule has 1 heterocycles. The Labute approximate surface area is 170 Å². The van der Waals surface area contributed by atoms with E-state index in [4.69, 9.17) is 5.73 Å². The van der Waals surface area contributed by atoms with Crippen LogP contribution in [0.15, 0.2) is 58.2 Å². The van der Waals surface area contributed by atoms with Gasteiger partial charge in [0.15, 0.2) is 11.0 Å². The lowest BCUT2D eigenvalue weighted by atomic mass is 10.2. The summed E-state index contributed by atoms with van der Waals surface area (Å²) in [6.45, 7) is 1.98. The van der Waals surface area contributed by atoms with E-state index in [1.54, 1.807) is 0 Å². The van der Waals surface area contributed by atoms with Crippen molar-refractivity contribution in [2.75, 3.05) is 11.1 Å². The zero-order valence-corrected chi connectivity index (χ0v) is 17.4. The summed E-state index contributed by atoms with van der Waals surface area (Å²) in [5.41, 5.74) is 8.14. The molecule has 3 aromatic rings. The highest BCUT2D eigenvalue weighted by Gasteiger charge is 2.22. The van der Waals surface area contributed by atoms with Crippen LogP contribution < -0.4 is 11.1 Å². The number of amides is 1. The molecule has 1 unspecified atom stereocenters. The molecule has 6 nitrogen and oxygen atoms in total. The molecule has 0 aliphatic carbocycles. The van der Waals surface area contributed by atoms with Crippen LogP contribution in [0.4, 0.5) is 11.4 Å². The fourth-order valence-electron chi connectivity index (χ4n) is 2.51. The predicted molar refractivity (Wildman–Crippen MR) is 114 cm³/mol. The van der Waals surface area contributed by atoms with Gasteiger partial charge in [-0.15, -0.1) is 10.2 Å². The van der Waals surface area contributed by atoms with Crippen molar-refractivity contribution in [3.8, 4) is 11.4 Å². The van der Waals surface area contributed by atoms with Crippen LogP contribution in [0, 0.1) is 0 Å². The molecule has 0 radical (unpaired) electrons. The SMILES string of the molecule is CCC(Sc1nnc(-c2ccc(N)cc2)n1C)C(=O)Nc1ccc(Br)cc1. The van der Waals surface area contributed by atoms with E-state index < -0.39 is 0 Å². The van der Waals surface area contributed by atoms with Crippen molar-refractivity contribution in [1.29, 1.82) is 0 Å². The minimum absolute atomic E-state index is 0.0538. The van der Waals surface area contributed by atoms with Gasteiger partial charge in [-0.3, -0.25) is 4.79 Å². The monoisotopic (exact) mass is 445 g/mol. The lowest BCUT2D eigenvalue weighted by molar-refractivity contribution is -0.115. The van der Waals surface area contributed by atoms with E-state index in [0.717, 1.165) is 21.5 Å². The minimum atomic E-state index is -0.268. The molecule has 1 atom stereocenters. The molecule has 1 aromatic heterocycles. The average Bonchev–Trinajstić information content (AvgIpc) is 3.02. The van der Waals surface area contributed by atoms with Crippen LogP contribution >= 0.6 is 27.7 Å². The number of anilines is 2. The third-order valence-electron chi connectivity index (χ3n) is 4.03. The largest absolute Gasteiger partial charge is 0.399 e. The maximum Gasteiger partial charge on any atom is 0.237 e. The summed E-state index contributed by atoms with van der Waals surface area (Å²) in [6, 6.07) is 15.0. The number of nitrogens with zero attached hydrogens (tertiary/aromatic N) is 3. The molecule has 0 bridgehead atoms. The summed E-state index contributed by atoms with van der Waals surface area (Å²) in [4.78, 5) is 12.6. The van der Waals surface area contributed by atoms with Crippen molar-refractivity contribution in [2.24, 2.45) is 7.05 Å². The number of rotatable bonds is 6. The standard InChI is InChI=1S/C19H20BrN5OS/c1-3-16(18(26)22-15-10-6-13(20)7-11-15)27-19-24-23-17(25(19)2)12-4-8-14(21)9-5-12/h4-11,16H,3,21H2,1-2H3,(H,22,26). The Kier molecular flexibility index (Phi) is 6.18. The Hall–Kier alpha value is -2.32. The normalized spacial score (nSPS) is 12.0. The summed E-state index contributed by atoms with van der Waals surface area (Å²) in [5.74, 6) is 0.683. The summed E-state index contributed by atoms with van der Waals surface area (Å²) in [7, 11) is 1.90. The molecule has 0 saturated heterocycles. The molecule has 0 fully saturated rings. The molecule has 3 rings (SSSR count). The predicted octanol–water partition coefficient (Wildman–Crippen LogP) is 4.34. The van der Waals surface area contributed by atoms with Crippen molar-refractivity contribution in [3.05, 3.63) is 53.0 Å². The van der Waals surface area contributed by atoms with Gasteiger partial charge in [-0.1, -0.05) is 34.6 Å². The molecule has 8 heteroatoms. The zero-order chi connectivity index (χ0) is 19.4. The third-order valence-corrected chi connectivity index (χ3v) is 5.95. The summed E-state index contributed by atoms with van der Waals surface area (Å²) >= 11 is 4.80. The first-order chi connectivity index (χ1) is 13.0. The molecule has 0 saturated carbocycles. The second-order valence-corrected chi connectivity index (χ2v) is 8.08. The summed E-state index contributed by atoms with van der Waals surface area (Å²) in [5, 5.41) is 11.9. The number of nitrogens with two attached hydrogens (primary N) is 1. The number of carbonyl (C=O) groups is 1. The van der Waals surface area contributed by atoms with E-state index in [1.165, 1.54) is 11.8 Å². The number of nitrogens with one attached hydrogen (secondary N) is 1. The number of hydrogen-bond donors (Lipinski definition) is 2. The number of halogens is 1. The molecule has 140 valence electrons. The number of benzene rings is 2. The topological polar surface area (TPSA) is 85.8 Å². The quantitative estimate of drug-likeness (QED) is 0.435. The lowest BCUT2D eigenvalue weighted by Crippen LogP contribution is -2.25. The van der Waals surface area contributed by atoms with Gasteiger partial charge in [-0.25, -0.2) is 0 Å². The fourth-order valence-corrected chi connectivity index (χ4v) is 3.69. The van der Waals surface area contributed by atoms with Crippen molar-refractivity contribution in [1.82, 2.24) is 14.8 Å². The molecular weight excluding hydrogens is 426 g/mol. The van der Waals surface area contributed by atoms with Crippen LogP contribution in [0.2, 0.25) is 0 Å². The second kappa shape index (κ2) is 8.58. The molecule has 0 aliphatic rings. The van der Waals surface area contributed by atoms with Crippen LogP contribution in [0.25, 0.3) is 11.4 Å². The number of hydrogen-bond acceptors (Lipinski definition) is 5. The molecule has 0 aliphatic heterocycles. The summed E-state index contributed by atoms with van der Waals surface area (Å²) in [6.07, 6.45) is 0.678. The van der Waals surface area contributed by atoms with Crippen molar-refractivity contribution in [3.63, 3.8) is 0 Å². The molecule has 0 spiro atoms. The van der Waals surface area contributed by atoms with Crippen LogP contribution in [0.5, 0.6) is 0 Å². The first-order valence-corrected chi connectivity index (χ1v) is 10.1. The molecule has 27 heavy (non-hydrogen) atoms. The Morgan fingerprint density at radius 3 is 2.48 bits per heavy atom. The molecule has 2 aromatic carbocycles. The highest BCUT2D eigenvalue weighted by atomic mass is 79.9. The van der Waals surface area contributed by atoms with Gasteiger partial charge >= 0.3 is 0 Å².